The number of fused-ring (bicyclic) bond motifs is 2. The summed E-state index contributed by atoms with van der Waals surface area (Å²) in [4.78, 5) is 4.22. The number of quaternary nitrogens is 1. The van der Waals surface area contributed by atoms with Crippen LogP contribution in [0.5, 0.6) is 0 Å². The average Bonchev–Trinajstić information content (AvgIpc) is 2.57. The summed E-state index contributed by atoms with van der Waals surface area (Å²) in [5.41, 5.74) is 1.77. The molecule has 0 amide bonds. The van der Waals surface area contributed by atoms with Gasteiger partial charge in [0, 0.05) is 11.8 Å². The number of hydrogen-bond acceptors (Lipinski definition) is 2. The van der Waals surface area contributed by atoms with E-state index in [-0.39, 0.29) is 5.06 Å². The van der Waals surface area contributed by atoms with Crippen LogP contribution < -0.4 is 15.6 Å². The number of allylic oxidation sites excluding steroid dienone is 2. The van der Waals surface area contributed by atoms with E-state index >= 15 is 0 Å². The van der Waals surface area contributed by atoms with E-state index in [9.17, 15) is 5.21 Å². The van der Waals surface area contributed by atoms with Crippen LogP contribution in [0.1, 0.15) is 0 Å². The first-order chi connectivity index (χ1) is 6.86. The Morgan fingerprint density at radius 3 is 3.21 bits per heavy atom. The molecular formula is C11H8N2O. The zero-order valence-corrected chi connectivity index (χ0v) is 7.40. The topological polar surface area (TPSA) is 40.4 Å². The maximum absolute atomic E-state index is 11.6. The standard InChI is InChI=1S/C11H8N2O/c14-13-6-2-3-8-7-10-9(11(8)13)4-1-5-12-10/h1-7,13H. The summed E-state index contributed by atoms with van der Waals surface area (Å²) in [6.45, 7) is 0. The highest BCUT2D eigenvalue weighted by molar-refractivity contribution is 5.77. The molecule has 1 atom stereocenters. The van der Waals surface area contributed by atoms with Gasteiger partial charge in [-0.15, -0.1) is 0 Å². The molecule has 0 saturated carbocycles. The Hall–Kier alpha value is -1.71. The highest BCUT2D eigenvalue weighted by Gasteiger charge is 2.18. The lowest BCUT2D eigenvalue weighted by Gasteiger charge is -2.21. The summed E-state index contributed by atoms with van der Waals surface area (Å²) in [7, 11) is 0. The second kappa shape index (κ2) is 2.64. The third-order valence-electron chi connectivity index (χ3n) is 2.46. The first-order valence-corrected chi connectivity index (χ1v) is 4.46. The van der Waals surface area contributed by atoms with Crippen LogP contribution in [0.4, 0.5) is 0 Å². The fourth-order valence-electron chi connectivity index (χ4n) is 1.85. The van der Waals surface area contributed by atoms with Gasteiger partial charge in [0.05, 0.1) is 16.8 Å². The Morgan fingerprint density at radius 2 is 2.29 bits per heavy atom. The molecule has 2 aliphatic rings. The largest absolute Gasteiger partial charge is 0.624 e. The van der Waals surface area contributed by atoms with Crippen LogP contribution in [-0.4, -0.2) is 4.98 Å². The number of nitrogens with zero attached hydrogens (tertiary/aromatic N) is 1. The zero-order chi connectivity index (χ0) is 9.54. The monoisotopic (exact) mass is 184 g/mol. The quantitative estimate of drug-likeness (QED) is 0.516. The maximum Gasteiger partial charge on any atom is 0.152 e. The summed E-state index contributed by atoms with van der Waals surface area (Å²) in [5, 5.41) is 13.5. The molecule has 0 aromatic carbocycles. The van der Waals surface area contributed by atoms with Gasteiger partial charge in [-0.05, 0) is 30.4 Å². The third-order valence-corrected chi connectivity index (χ3v) is 2.46. The summed E-state index contributed by atoms with van der Waals surface area (Å²) in [6.07, 6.45) is 9.01. The fraction of sp³-hybridized carbons (Fsp3) is 0. The molecule has 1 unspecified atom stereocenters. The van der Waals surface area contributed by atoms with Crippen molar-refractivity contribution in [2.24, 2.45) is 0 Å². The van der Waals surface area contributed by atoms with Crippen LogP contribution in [0.15, 0.2) is 42.3 Å². The summed E-state index contributed by atoms with van der Waals surface area (Å²) < 4.78 is 0. The number of nitrogens with one attached hydrogen (secondary N) is 1. The summed E-state index contributed by atoms with van der Waals surface area (Å²) >= 11 is 0. The van der Waals surface area contributed by atoms with Crippen LogP contribution in [0.3, 0.4) is 0 Å². The van der Waals surface area contributed by atoms with Crippen LogP contribution in [0.2, 0.25) is 0 Å². The fourth-order valence-corrected chi connectivity index (χ4v) is 1.85. The van der Waals surface area contributed by atoms with Gasteiger partial charge < -0.3 is 10.3 Å². The Morgan fingerprint density at radius 1 is 1.36 bits per heavy atom. The van der Waals surface area contributed by atoms with E-state index in [1.54, 1.807) is 18.5 Å². The van der Waals surface area contributed by atoms with Crippen molar-refractivity contribution < 1.29 is 5.06 Å². The lowest BCUT2D eigenvalue weighted by Crippen LogP contribution is -3.00. The third kappa shape index (κ3) is 0.907. The van der Waals surface area contributed by atoms with Crippen molar-refractivity contribution in [1.29, 1.82) is 0 Å². The molecule has 14 heavy (non-hydrogen) atoms. The molecule has 3 nitrogen and oxygen atoms in total. The number of hydroxylamine groups is 2. The smallest absolute Gasteiger partial charge is 0.152 e. The first-order valence-electron chi connectivity index (χ1n) is 4.46. The van der Waals surface area contributed by atoms with Gasteiger partial charge in [-0.3, -0.25) is 4.98 Å². The van der Waals surface area contributed by atoms with Gasteiger partial charge in [0.15, 0.2) is 5.70 Å². The van der Waals surface area contributed by atoms with E-state index in [1.165, 1.54) is 0 Å². The normalized spacial score (nSPS) is 22.5. The van der Waals surface area contributed by atoms with Crippen molar-refractivity contribution in [2.75, 3.05) is 0 Å². The minimum absolute atomic E-state index is 0.0745. The molecule has 3 rings (SSSR count). The zero-order valence-electron chi connectivity index (χ0n) is 7.40. The van der Waals surface area contributed by atoms with Gasteiger partial charge >= 0.3 is 0 Å². The van der Waals surface area contributed by atoms with Gasteiger partial charge in [-0.25, -0.2) is 0 Å². The van der Waals surface area contributed by atoms with Crippen molar-refractivity contribution in [1.82, 2.24) is 4.98 Å². The Balaban J connectivity index is 2.45. The maximum atomic E-state index is 11.6. The van der Waals surface area contributed by atoms with Crippen molar-refractivity contribution in [3.63, 3.8) is 0 Å². The molecule has 1 N–H and O–H groups in total. The molecule has 1 aromatic heterocycles. The van der Waals surface area contributed by atoms with Gasteiger partial charge in [-0.1, -0.05) is 0 Å². The minimum atomic E-state index is 0.0745. The number of pyridine rings is 1. The highest BCUT2D eigenvalue weighted by atomic mass is 16.5. The van der Waals surface area contributed by atoms with Crippen molar-refractivity contribution in [3.8, 4) is 0 Å². The van der Waals surface area contributed by atoms with E-state index < -0.39 is 0 Å². The van der Waals surface area contributed by atoms with E-state index in [2.05, 4.69) is 4.98 Å². The molecule has 3 heteroatoms. The first kappa shape index (κ1) is 7.67. The van der Waals surface area contributed by atoms with Crippen molar-refractivity contribution >= 4 is 11.8 Å². The number of aromatic nitrogens is 1. The predicted octanol–water partition coefficient (Wildman–Crippen LogP) is -1.18. The van der Waals surface area contributed by atoms with E-state index in [1.807, 2.05) is 24.3 Å². The summed E-state index contributed by atoms with van der Waals surface area (Å²) in [5.74, 6) is 0. The second-order valence-electron chi connectivity index (χ2n) is 3.30. The van der Waals surface area contributed by atoms with Crippen LogP contribution in [-0.2, 0) is 0 Å². The van der Waals surface area contributed by atoms with Gasteiger partial charge in [-0.2, -0.15) is 0 Å². The van der Waals surface area contributed by atoms with Crippen LogP contribution in [0.25, 0.3) is 11.8 Å². The van der Waals surface area contributed by atoms with Gasteiger partial charge in [0.2, 0.25) is 0 Å². The molecule has 0 radical (unpaired) electrons. The van der Waals surface area contributed by atoms with Crippen LogP contribution >= 0.6 is 0 Å². The predicted molar refractivity (Wildman–Crippen MR) is 52.9 cm³/mol. The molecule has 2 heterocycles. The Labute approximate surface area is 80.6 Å². The van der Waals surface area contributed by atoms with Crippen molar-refractivity contribution in [3.05, 3.63) is 58.0 Å². The Bertz CT molecular complexity index is 569. The average molecular weight is 184 g/mol. The van der Waals surface area contributed by atoms with Gasteiger partial charge in [0.1, 0.15) is 0 Å². The summed E-state index contributed by atoms with van der Waals surface area (Å²) in [6, 6.07) is 3.79. The second-order valence-corrected chi connectivity index (χ2v) is 3.30. The molecule has 0 fully saturated rings. The molecule has 0 bridgehead atoms. The van der Waals surface area contributed by atoms with E-state index in [4.69, 9.17) is 0 Å². The Kier molecular flexibility index (Phi) is 1.45. The lowest BCUT2D eigenvalue weighted by molar-refractivity contribution is -0.707. The minimum Gasteiger partial charge on any atom is -0.624 e. The molecule has 68 valence electrons. The molecule has 0 saturated heterocycles. The highest BCUT2D eigenvalue weighted by Crippen LogP contribution is 2.10. The van der Waals surface area contributed by atoms with E-state index in [0.717, 1.165) is 21.8 Å². The van der Waals surface area contributed by atoms with Crippen molar-refractivity contribution in [2.45, 2.75) is 0 Å². The number of hydrogen-bond donors (Lipinski definition) is 1. The molecule has 1 aliphatic carbocycles. The molecule has 1 aliphatic heterocycles. The number of rotatable bonds is 0. The molecule has 1 aromatic rings. The molecular weight excluding hydrogens is 176 g/mol. The van der Waals surface area contributed by atoms with Gasteiger partial charge in [0.25, 0.3) is 0 Å². The van der Waals surface area contributed by atoms with E-state index in [0.29, 0.717) is 0 Å². The lowest BCUT2D eigenvalue weighted by atomic mass is 10.1. The van der Waals surface area contributed by atoms with Crippen LogP contribution in [0, 0.1) is 5.21 Å². The SMILES string of the molecule is [O-][NH+]1C=CC=C2C=c3ncccc3=C21. The molecule has 0 spiro atoms.